The van der Waals surface area contributed by atoms with Gasteiger partial charge >= 0.3 is 0 Å². The van der Waals surface area contributed by atoms with Gasteiger partial charge < -0.3 is 9.30 Å². The molecule has 0 spiro atoms. The molecule has 3 aromatic rings. The Morgan fingerprint density at radius 2 is 1.80 bits per heavy atom. The van der Waals surface area contributed by atoms with Gasteiger partial charge in [-0.2, -0.15) is 0 Å². The predicted molar refractivity (Wildman–Crippen MR) is 101 cm³/mol. The maximum absolute atomic E-state index is 6.24. The Bertz CT molecular complexity index is 888. The van der Waals surface area contributed by atoms with E-state index in [2.05, 4.69) is 29.0 Å². The van der Waals surface area contributed by atoms with Crippen LogP contribution in [-0.2, 0) is 6.54 Å². The molecular formula is C21H19ClN2O. The lowest BCUT2D eigenvalue weighted by molar-refractivity contribution is 0.242. The highest BCUT2D eigenvalue weighted by Gasteiger charge is 2.04. The highest BCUT2D eigenvalue weighted by molar-refractivity contribution is 6.32. The average Bonchev–Trinajstić information content (AvgIpc) is 3.09. The van der Waals surface area contributed by atoms with E-state index in [9.17, 15) is 0 Å². The fourth-order valence-electron chi connectivity index (χ4n) is 2.36. The molecule has 3 rings (SSSR count). The standard InChI is InChI=1S/C21H19ClN2O/c1-16(2)25-21-10-9-18(13-20(21)22)6-3-17-4-7-19(8-5-17)14-24-12-11-23-15-24/h4-5,7-13,15-16H,14H2,1-2H3. The number of hydrogen-bond donors (Lipinski definition) is 0. The Morgan fingerprint density at radius 1 is 1.08 bits per heavy atom. The van der Waals surface area contributed by atoms with E-state index in [4.69, 9.17) is 16.3 Å². The van der Waals surface area contributed by atoms with E-state index in [0.29, 0.717) is 10.8 Å². The van der Waals surface area contributed by atoms with Crippen LogP contribution < -0.4 is 4.74 Å². The van der Waals surface area contributed by atoms with Crippen molar-refractivity contribution in [2.24, 2.45) is 0 Å². The minimum atomic E-state index is 0.0928. The Hall–Kier alpha value is -2.70. The Labute approximate surface area is 153 Å². The summed E-state index contributed by atoms with van der Waals surface area (Å²) < 4.78 is 7.66. The molecule has 2 aromatic carbocycles. The van der Waals surface area contributed by atoms with Gasteiger partial charge in [0.1, 0.15) is 5.75 Å². The zero-order chi connectivity index (χ0) is 17.6. The summed E-state index contributed by atoms with van der Waals surface area (Å²) in [5, 5.41) is 0.580. The number of ether oxygens (including phenoxy) is 1. The third kappa shape index (κ3) is 4.89. The van der Waals surface area contributed by atoms with E-state index in [1.807, 2.05) is 61.3 Å². The van der Waals surface area contributed by atoms with Crippen LogP contribution >= 0.6 is 11.6 Å². The van der Waals surface area contributed by atoms with Gasteiger partial charge in [0.05, 0.1) is 17.5 Å². The zero-order valence-electron chi connectivity index (χ0n) is 14.2. The van der Waals surface area contributed by atoms with Crippen LogP contribution in [0.2, 0.25) is 5.02 Å². The molecule has 1 aromatic heterocycles. The maximum atomic E-state index is 6.24. The van der Waals surface area contributed by atoms with Crippen LogP contribution in [0, 0.1) is 11.8 Å². The van der Waals surface area contributed by atoms with E-state index in [0.717, 1.165) is 17.7 Å². The first-order valence-electron chi connectivity index (χ1n) is 8.13. The third-order valence-electron chi connectivity index (χ3n) is 3.52. The molecule has 0 atom stereocenters. The topological polar surface area (TPSA) is 27.1 Å². The highest BCUT2D eigenvalue weighted by atomic mass is 35.5. The first kappa shape index (κ1) is 17.1. The largest absolute Gasteiger partial charge is 0.489 e. The molecule has 0 N–H and O–H groups in total. The SMILES string of the molecule is CC(C)Oc1ccc(C#Cc2ccc(Cn3ccnc3)cc2)cc1Cl. The van der Waals surface area contributed by atoms with Gasteiger partial charge in [-0.05, 0) is 49.7 Å². The third-order valence-corrected chi connectivity index (χ3v) is 3.82. The molecule has 0 fully saturated rings. The lowest BCUT2D eigenvalue weighted by Crippen LogP contribution is -2.05. The van der Waals surface area contributed by atoms with E-state index >= 15 is 0 Å². The maximum Gasteiger partial charge on any atom is 0.138 e. The van der Waals surface area contributed by atoms with Gasteiger partial charge in [0.2, 0.25) is 0 Å². The van der Waals surface area contributed by atoms with Gasteiger partial charge in [0.25, 0.3) is 0 Å². The molecule has 0 aliphatic rings. The van der Waals surface area contributed by atoms with Crippen LogP contribution in [0.5, 0.6) is 5.75 Å². The van der Waals surface area contributed by atoms with Gasteiger partial charge in [-0.3, -0.25) is 0 Å². The van der Waals surface area contributed by atoms with Crippen molar-refractivity contribution in [1.29, 1.82) is 0 Å². The van der Waals surface area contributed by atoms with Crippen LogP contribution in [0.25, 0.3) is 0 Å². The number of imidazole rings is 1. The Kier molecular flexibility index (Phi) is 5.42. The van der Waals surface area contributed by atoms with Crippen molar-refractivity contribution in [2.75, 3.05) is 0 Å². The molecular weight excluding hydrogens is 332 g/mol. The second kappa shape index (κ2) is 7.92. The summed E-state index contributed by atoms with van der Waals surface area (Å²) in [6, 6.07) is 13.8. The quantitative estimate of drug-likeness (QED) is 0.634. The van der Waals surface area contributed by atoms with Crippen molar-refractivity contribution in [1.82, 2.24) is 9.55 Å². The van der Waals surface area contributed by atoms with Crippen LogP contribution in [0.4, 0.5) is 0 Å². The number of halogens is 1. The van der Waals surface area contributed by atoms with Gasteiger partial charge in [-0.15, -0.1) is 0 Å². The fraction of sp³-hybridized carbons (Fsp3) is 0.190. The number of rotatable bonds is 4. The van der Waals surface area contributed by atoms with Crippen molar-refractivity contribution < 1.29 is 4.74 Å². The van der Waals surface area contributed by atoms with Crippen molar-refractivity contribution in [3.8, 4) is 17.6 Å². The van der Waals surface area contributed by atoms with Crippen LogP contribution in [0.3, 0.4) is 0 Å². The molecule has 25 heavy (non-hydrogen) atoms. The first-order chi connectivity index (χ1) is 12.1. The second-order valence-electron chi connectivity index (χ2n) is 5.99. The summed E-state index contributed by atoms with van der Waals surface area (Å²) >= 11 is 6.24. The molecule has 0 unspecified atom stereocenters. The average molecular weight is 351 g/mol. The number of hydrogen-bond acceptors (Lipinski definition) is 2. The van der Waals surface area contributed by atoms with Gasteiger partial charge in [-0.1, -0.05) is 35.6 Å². The van der Waals surface area contributed by atoms with E-state index in [1.54, 1.807) is 6.20 Å². The summed E-state index contributed by atoms with van der Waals surface area (Å²) in [5.41, 5.74) is 3.04. The molecule has 4 heteroatoms. The second-order valence-corrected chi connectivity index (χ2v) is 6.40. The van der Waals surface area contributed by atoms with Gasteiger partial charge in [-0.25, -0.2) is 4.98 Å². The molecule has 0 bridgehead atoms. The number of nitrogens with zero attached hydrogens (tertiary/aromatic N) is 2. The molecule has 126 valence electrons. The molecule has 0 saturated carbocycles. The molecule has 0 saturated heterocycles. The summed E-state index contributed by atoms with van der Waals surface area (Å²) in [4.78, 5) is 4.05. The van der Waals surface area contributed by atoms with Crippen LogP contribution in [0.1, 0.15) is 30.5 Å². The smallest absolute Gasteiger partial charge is 0.138 e. The van der Waals surface area contributed by atoms with Crippen molar-refractivity contribution in [3.63, 3.8) is 0 Å². The zero-order valence-corrected chi connectivity index (χ0v) is 15.0. The Balaban J connectivity index is 1.69. The lowest BCUT2D eigenvalue weighted by Gasteiger charge is -2.11. The van der Waals surface area contributed by atoms with Crippen LogP contribution in [-0.4, -0.2) is 15.7 Å². The number of benzene rings is 2. The van der Waals surface area contributed by atoms with E-state index in [1.165, 1.54) is 5.56 Å². The molecule has 0 aliphatic heterocycles. The molecule has 0 aliphatic carbocycles. The first-order valence-corrected chi connectivity index (χ1v) is 8.51. The number of aromatic nitrogens is 2. The van der Waals surface area contributed by atoms with Crippen molar-refractivity contribution in [3.05, 3.63) is 82.9 Å². The monoisotopic (exact) mass is 350 g/mol. The summed E-state index contributed by atoms with van der Waals surface area (Å²) in [5.74, 6) is 6.99. The van der Waals surface area contributed by atoms with Crippen molar-refractivity contribution in [2.45, 2.75) is 26.5 Å². The Morgan fingerprint density at radius 3 is 2.44 bits per heavy atom. The summed E-state index contributed by atoms with van der Waals surface area (Å²) in [7, 11) is 0. The van der Waals surface area contributed by atoms with Crippen molar-refractivity contribution >= 4 is 11.6 Å². The normalized spacial score (nSPS) is 10.4. The van der Waals surface area contributed by atoms with Crippen LogP contribution in [0.15, 0.2) is 61.2 Å². The molecule has 0 amide bonds. The summed E-state index contributed by atoms with van der Waals surface area (Å²) in [6.07, 6.45) is 5.63. The minimum absolute atomic E-state index is 0.0928. The van der Waals surface area contributed by atoms with E-state index < -0.39 is 0 Å². The van der Waals surface area contributed by atoms with Gasteiger partial charge in [0.15, 0.2) is 0 Å². The van der Waals surface area contributed by atoms with Gasteiger partial charge in [0, 0.05) is 30.1 Å². The predicted octanol–water partition coefficient (Wildman–Crippen LogP) is 4.77. The summed E-state index contributed by atoms with van der Waals surface area (Å²) in [6.45, 7) is 4.75. The fourth-order valence-corrected chi connectivity index (χ4v) is 2.58. The highest BCUT2D eigenvalue weighted by Crippen LogP contribution is 2.26. The molecule has 1 heterocycles. The molecule has 0 radical (unpaired) electrons. The molecule has 3 nitrogen and oxygen atoms in total. The van der Waals surface area contributed by atoms with E-state index in [-0.39, 0.29) is 6.10 Å². The lowest BCUT2D eigenvalue weighted by atomic mass is 10.1. The minimum Gasteiger partial charge on any atom is -0.489 e.